The first-order valence-corrected chi connectivity index (χ1v) is 11.2. The number of hydrazone groups is 1. The standard InChI is InChI=1S/C20H26N2O4S/c1-14(2)19-18(20(24)22(21-19)15-8-4-3-5-9-15)17(23)12-13-27(25,26)16-10-6-7-11-16/h3-5,8-9,14,16,18H,6-7,10-13H2,1-2H3/t18-/m1/s1. The van der Waals surface area contributed by atoms with Crippen LogP contribution in [0.4, 0.5) is 5.69 Å². The average molecular weight is 391 g/mol. The van der Waals surface area contributed by atoms with Crippen molar-refractivity contribution < 1.29 is 18.0 Å². The highest BCUT2D eigenvalue weighted by atomic mass is 32.2. The van der Waals surface area contributed by atoms with Crippen LogP contribution in [0.15, 0.2) is 35.4 Å². The number of Topliss-reactive ketones (excluding diaryl/α,β-unsaturated/α-hetero) is 1. The molecule has 0 spiro atoms. The summed E-state index contributed by atoms with van der Waals surface area (Å²) in [5, 5.41) is 5.33. The van der Waals surface area contributed by atoms with Crippen LogP contribution in [0.2, 0.25) is 0 Å². The zero-order valence-corrected chi connectivity index (χ0v) is 16.6. The average Bonchev–Trinajstić information content (AvgIpc) is 3.29. The van der Waals surface area contributed by atoms with E-state index >= 15 is 0 Å². The molecule has 7 heteroatoms. The van der Waals surface area contributed by atoms with Crippen molar-refractivity contribution in [3.05, 3.63) is 30.3 Å². The Balaban J connectivity index is 1.75. The van der Waals surface area contributed by atoms with Gasteiger partial charge >= 0.3 is 0 Å². The fourth-order valence-electron chi connectivity index (χ4n) is 3.78. The van der Waals surface area contributed by atoms with Gasteiger partial charge in [0, 0.05) is 6.42 Å². The van der Waals surface area contributed by atoms with Gasteiger partial charge in [-0.25, -0.2) is 8.42 Å². The van der Waals surface area contributed by atoms with Gasteiger partial charge in [0.15, 0.2) is 15.6 Å². The minimum atomic E-state index is -3.29. The van der Waals surface area contributed by atoms with Crippen molar-refractivity contribution in [3.8, 4) is 0 Å². The van der Waals surface area contributed by atoms with E-state index in [0.717, 1.165) is 12.8 Å². The summed E-state index contributed by atoms with van der Waals surface area (Å²) in [5.41, 5.74) is 1.11. The number of carbonyl (C=O) groups is 2. The molecular weight excluding hydrogens is 364 g/mol. The molecule has 0 unspecified atom stereocenters. The van der Waals surface area contributed by atoms with Gasteiger partial charge in [-0.1, -0.05) is 44.9 Å². The van der Waals surface area contributed by atoms with E-state index in [1.165, 1.54) is 5.01 Å². The van der Waals surface area contributed by atoms with Crippen molar-refractivity contribution in [1.82, 2.24) is 0 Å². The first-order valence-electron chi connectivity index (χ1n) is 9.53. The number of benzene rings is 1. The molecule has 146 valence electrons. The maximum absolute atomic E-state index is 12.9. The molecule has 0 aromatic heterocycles. The lowest BCUT2D eigenvalue weighted by Crippen LogP contribution is -2.36. The molecule has 2 aliphatic rings. The number of carbonyl (C=O) groups excluding carboxylic acids is 2. The maximum atomic E-state index is 12.9. The minimum absolute atomic E-state index is 0.0805. The molecule has 1 aliphatic heterocycles. The Morgan fingerprint density at radius 2 is 1.81 bits per heavy atom. The third-order valence-electron chi connectivity index (χ3n) is 5.32. The predicted octanol–water partition coefficient (Wildman–Crippen LogP) is 2.98. The first-order chi connectivity index (χ1) is 12.8. The van der Waals surface area contributed by atoms with Crippen LogP contribution in [0.1, 0.15) is 46.0 Å². The van der Waals surface area contributed by atoms with E-state index in [2.05, 4.69) is 5.10 Å². The summed E-state index contributed by atoms with van der Waals surface area (Å²) in [5.74, 6) is -2.00. The molecule has 1 aromatic carbocycles. The van der Waals surface area contributed by atoms with Crippen LogP contribution in [0.3, 0.4) is 0 Å². The Labute approximate surface area is 160 Å². The highest BCUT2D eigenvalue weighted by molar-refractivity contribution is 7.92. The highest BCUT2D eigenvalue weighted by Crippen LogP contribution is 2.29. The van der Waals surface area contributed by atoms with Crippen molar-refractivity contribution in [3.63, 3.8) is 0 Å². The second kappa shape index (κ2) is 7.92. The van der Waals surface area contributed by atoms with Crippen LogP contribution < -0.4 is 5.01 Å². The van der Waals surface area contributed by atoms with Gasteiger partial charge in [-0.2, -0.15) is 10.1 Å². The van der Waals surface area contributed by atoms with E-state index in [9.17, 15) is 18.0 Å². The Morgan fingerprint density at radius 1 is 1.19 bits per heavy atom. The fraction of sp³-hybridized carbons (Fsp3) is 0.550. The van der Waals surface area contributed by atoms with Gasteiger partial charge in [0.05, 0.1) is 22.4 Å². The van der Waals surface area contributed by atoms with Crippen molar-refractivity contribution in [2.75, 3.05) is 10.8 Å². The molecule has 0 radical (unpaired) electrons. The third kappa shape index (κ3) is 4.13. The summed E-state index contributed by atoms with van der Waals surface area (Å²) in [6, 6.07) is 8.97. The lowest BCUT2D eigenvalue weighted by atomic mass is 9.90. The van der Waals surface area contributed by atoms with Gasteiger partial charge in [0.25, 0.3) is 5.91 Å². The number of hydrogen-bond acceptors (Lipinski definition) is 5. The minimum Gasteiger partial charge on any atom is -0.298 e. The molecule has 27 heavy (non-hydrogen) atoms. The Morgan fingerprint density at radius 3 is 2.41 bits per heavy atom. The van der Waals surface area contributed by atoms with Gasteiger partial charge in [0.2, 0.25) is 0 Å². The number of anilines is 1. The smallest absolute Gasteiger partial charge is 0.263 e. The molecular formula is C20H26N2O4S. The van der Waals surface area contributed by atoms with Crippen molar-refractivity contribution in [2.45, 2.75) is 51.2 Å². The van der Waals surface area contributed by atoms with Crippen molar-refractivity contribution in [2.24, 2.45) is 16.9 Å². The van der Waals surface area contributed by atoms with E-state index < -0.39 is 21.7 Å². The van der Waals surface area contributed by atoms with E-state index in [-0.39, 0.29) is 29.1 Å². The van der Waals surface area contributed by atoms with Crippen molar-refractivity contribution in [1.29, 1.82) is 0 Å². The van der Waals surface area contributed by atoms with Crippen LogP contribution in [-0.4, -0.2) is 36.8 Å². The topological polar surface area (TPSA) is 83.9 Å². The number of amides is 1. The second-order valence-corrected chi connectivity index (χ2v) is 9.99. The summed E-state index contributed by atoms with van der Waals surface area (Å²) < 4.78 is 24.9. The molecule has 0 saturated heterocycles. The van der Waals surface area contributed by atoms with Crippen LogP contribution in [0.25, 0.3) is 0 Å². The van der Waals surface area contributed by atoms with Crippen LogP contribution in [-0.2, 0) is 19.4 Å². The Kier molecular flexibility index (Phi) is 5.79. The largest absolute Gasteiger partial charge is 0.298 e. The predicted molar refractivity (Wildman–Crippen MR) is 105 cm³/mol. The molecule has 0 N–H and O–H groups in total. The zero-order chi connectivity index (χ0) is 19.6. The summed E-state index contributed by atoms with van der Waals surface area (Å²) in [7, 11) is -3.29. The summed E-state index contributed by atoms with van der Waals surface area (Å²) in [6.45, 7) is 3.77. The number of nitrogens with zero attached hydrogens (tertiary/aromatic N) is 2. The monoisotopic (exact) mass is 390 g/mol. The van der Waals surface area contributed by atoms with E-state index in [1.807, 2.05) is 19.9 Å². The number of rotatable bonds is 7. The Hall–Kier alpha value is -2.02. The van der Waals surface area contributed by atoms with E-state index in [1.54, 1.807) is 24.3 Å². The molecule has 1 heterocycles. The lowest BCUT2D eigenvalue weighted by molar-refractivity contribution is -0.128. The van der Waals surface area contributed by atoms with Gasteiger partial charge in [-0.3, -0.25) is 9.59 Å². The molecule has 1 aliphatic carbocycles. The fourth-order valence-corrected chi connectivity index (χ4v) is 5.65. The van der Waals surface area contributed by atoms with Crippen molar-refractivity contribution >= 4 is 32.9 Å². The van der Waals surface area contributed by atoms with Crippen LogP contribution >= 0.6 is 0 Å². The van der Waals surface area contributed by atoms with Crippen LogP contribution in [0.5, 0.6) is 0 Å². The summed E-state index contributed by atoms with van der Waals surface area (Å²) in [4.78, 5) is 25.7. The Bertz CT molecular complexity index is 840. The third-order valence-corrected chi connectivity index (χ3v) is 7.58. The quantitative estimate of drug-likeness (QED) is 0.670. The van der Waals surface area contributed by atoms with Gasteiger partial charge in [-0.15, -0.1) is 0 Å². The number of para-hydroxylation sites is 1. The summed E-state index contributed by atoms with van der Waals surface area (Å²) >= 11 is 0. The zero-order valence-electron chi connectivity index (χ0n) is 15.8. The van der Waals surface area contributed by atoms with E-state index in [0.29, 0.717) is 24.2 Å². The normalized spacial score (nSPS) is 21.1. The highest BCUT2D eigenvalue weighted by Gasteiger charge is 2.42. The molecule has 1 amide bonds. The molecule has 1 aromatic rings. The molecule has 1 fully saturated rings. The van der Waals surface area contributed by atoms with Gasteiger partial charge in [0.1, 0.15) is 5.92 Å². The van der Waals surface area contributed by atoms with E-state index in [4.69, 9.17) is 0 Å². The molecule has 1 atom stereocenters. The van der Waals surface area contributed by atoms with Gasteiger partial charge in [-0.05, 0) is 30.9 Å². The lowest BCUT2D eigenvalue weighted by Gasteiger charge is -2.15. The first kappa shape index (κ1) is 19.7. The second-order valence-electron chi connectivity index (χ2n) is 7.59. The SMILES string of the molecule is CC(C)C1=NN(c2ccccc2)C(=O)[C@@H]1C(=O)CCS(=O)(=O)C1CCCC1. The molecule has 6 nitrogen and oxygen atoms in total. The number of sulfone groups is 1. The number of ketones is 1. The molecule has 3 rings (SSSR count). The summed E-state index contributed by atoms with van der Waals surface area (Å²) in [6.07, 6.45) is 3.08. The van der Waals surface area contributed by atoms with Gasteiger partial charge < -0.3 is 0 Å². The maximum Gasteiger partial charge on any atom is 0.263 e. The number of hydrogen-bond donors (Lipinski definition) is 0. The molecule has 1 saturated carbocycles. The molecule has 0 bridgehead atoms. The van der Waals surface area contributed by atoms with Crippen LogP contribution in [0, 0.1) is 11.8 Å².